The average molecular weight is 387 g/mol. The maximum atomic E-state index is 12.6. The lowest BCUT2D eigenvalue weighted by Crippen LogP contribution is -2.20. The Hall–Kier alpha value is -3.11. The Morgan fingerprint density at radius 3 is 2.48 bits per heavy atom. The van der Waals surface area contributed by atoms with Crippen molar-refractivity contribution in [2.75, 3.05) is 13.6 Å². The molecule has 3 aromatic carbocycles. The van der Waals surface area contributed by atoms with Crippen molar-refractivity contribution in [3.05, 3.63) is 95.6 Å². The first-order chi connectivity index (χ1) is 14.2. The van der Waals surface area contributed by atoms with Crippen LogP contribution in [-0.4, -0.2) is 19.4 Å². The maximum Gasteiger partial charge on any atom is 0.170 e. The second kappa shape index (κ2) is 8.93. The van der Waals surface area contributed by atoms with Gasteiger partial charge >= 0.3 is 0 Å². The average Bonchev–Trinajstić information content (AvgIpc) is 2.77. The molecule has 4 rings (SSSR count). The van der Waals surface area contributed by atoms with Crippen LogP contribution in [0.3, 0.4) is 0 Å². The molecule has 29 heavy (non-hydrogen) atoms. The topological polar surface area (TPSA) is 47.6 Å². The van der Waals surface area contributed by atoms with Crippen LogP contribution in [0.15, 0.2) is 78.9 Å². The lowest BCUT2D eigenvalue weighted by Gasteiger charge is -2.26. The molecule has 1 aliphatic heterocycles. The molecule has 0 aromatic heterocycles. The van der Waals surface area contributed by atoms with Gasteiger partial charge in [0.1, 0.15) is 23.7 Å². The number of ketones is 1. The van der Waals surface area contributed by atoms with Crippen molar-refractivity contribution in [3.8, 4) is 11.5 Å². The quantitative estimate of drug-likeness (QED) is 0.611. The highest BCUT2D eigenvalue weighted by atomic mass is 16.5. The summed E-state index contributed by atoms with van der Waals surface area (Å²) in [6.07, 6.45) is 0.849. The van der Waals surface area contributed by atoms with Gasteiger partial charge in [-0.25, -0.2) is 0 Å². The third-order valence-corrected chi connectivity index (χ3v) is 5.17. The Labute approximate surface area is 171 Å². The smallest absolute Gasteiger partial charge is 0.170 e. The lowest BCUT2D eigenvalue weighted by atomic mass is 9.96. The predicted molar refractivity (Wildman–Crippen MR) is 114 cm³/mol. The third kappa shape index (κ3) is 4.49. The minimum atomic E-state index is -0.263. The van der Waals surface area contributed by atoms with E-state index in [0.29, 0.717) is 23.5 Å². The third-order valence-electron chi connectivity index (χ3n) is 5.17. The molecule has 1 aliphatic rings. The van der Waals surface area contributed by atoms with Crippen molar-refractivity contribution < 1.29 is 14.3 Å². The van der Waals surface area contributed by atoms with Crippen LogP contribution in [0, 0.1) is 0 Å². The molecule has 0 saturated carbocycles. The van der Waals surface area contributed by atoms with Crippen LogP contribution < -0.4 is 14.8 Å². The van der Waals surface area contributed by atoms with E-state index >= 15 is 0 Å². The number of ether oxygens (including phenoxy) is 2. The Bertz CT molecular complexity index is 956. The van der Waals surface area contributed by atoms with Gasteiger partial charge in [0, 0.05) is 12.5 Å². The van der Waals surface area contributed by atoms with Gasteiger partial charge in [0.2, 0.25) is 0 Å². The largest absolute Gasteiger partial charge is 0.486 e. The fourth-order valence-electron chi connectivity index (χ4n) is 3.63. The molecule has 148 valence electrons. The van der Waals surface area contributed by atoms with E-state index in [0.717, 1.165) is 24.1 Å². The van der Waals surface area contributed by atoms with Crippen LogP contribution in [0.2, 0.25) is 0 Å². The molecule has 1 N–H and O–H groups in total. The van der Waals surface area contributed by atoms with E-state index in [9.17, 15) is 4.79 Å². The number of fused-ring (bicyclic) bond motifs is 1. The van der Waals surface area contributed by atoms with Crippen LogP contribution in [0.5, 0.6) is 11.5 Å². The standard InChI is InChI=1S/C25H25NO3/c1-26-15-14-23(18-8-4-2-5-9-18)28-20-12-13-21-22(27)17-24(29-25(21)16-20)19-10-6-3-7-11-19/h2-13,16,23-24,26H,14-15,17H2,1H3. The first-order valence-corrected chi connectivity index (χ1v) is 9.99. The summed E-state index contributed by atoms with van der Waals surface area (Å²) >= 11 is 0. The van der Waals surface area contributed by atoms with Crippen LogP contribution in [-0.2, 0) is 0 Å². The van der Waals surface area contributed by atoms with Gasteiger partial charge in [-0.3, -0.25) is 4.79 Å². The molecule has 1 heterocycles. The van der Waals surface area contributed by atoms with Crippen molar-refractivity contribution >= 4 is 5.78 Å². The monoisotopic (exact) mass is 387 g/mol. The van der Waals surface area contributed by atoms with Gasteiger partial charge in [0.25, 0.3) is 0 Å². The number of carbonyl (C=O) groups is 1. The SMILES string of the molecule is CNCCC(Oc1ccc2c(c1)OC(c1ccccc1)CC2=O)c1ccccc1. The van der Waals surface area contributed by atoms with Crippen LogP contribution >= 0.6 is 0 Å². The number of hydrogen-bond acceptors (Lipinski definition) is 4. The van der Waals surface area contributed by atoms with Crippen molar-refractivity contribution in [3.63, 3.8) is 0 Å². The van der Waals surface area contributed by atoms with E-state index in [1.807, 2.05) is 73.8 Å². The molecule has 3 aromatic rings. The molecule has 0 saturated heterocycles. The van der Waals surface area contributed by atoms with Crippen LogP contribution in [0.4, 0.5) is 0 Å². The summed E-state index contributed by atoms with van der Waals surface area (Å²) in [5, 5.41) is 3.18. The molecule has 4 nitrogen and oxygen atoms in total. The van der Waals surface area contributed by atoms with E-state index in [1.54, 1.807) is 0 Å². The van der Waals surface area contributed by atoms with Gasteiger partial charge in [0.15, 0.2) is 5.78 Å². The van der Waals surface area contributed by atoms with E-state index in [1.165, 1.54) is 0 Å². The summed E-state index contributed by atoms with van der Waals surface area (Å²) in [6.45, 7) is 0.843. The van der Waals surface area contributed by atoms with E-state index in [-0.39, 0.29) is 18.0 Å². The molecule has 0 aliphatic carbocycles. The number of hydrogen-bond donors (Lipinski definition) is 1. The Balaban J connectivity index is 1.57. The Morgan fingerprint density at radius 1 is 1.03 bits per heavy atom. The molecular formula is C25H25NO3. The summed E-state index contributed by atoms with van der Waals surface area (Å²) in [5.41, 5.74) is 2.75. The van der Waals surface area contributed by atoms with E-state index in [4.69, 9.17) is 9.47 Å². The van der Waals surface area contributed by atoms with Gasteiger partial charge in [-0.2, -0.15) is 0 Å². The van der Waals surface area contributed by atoms with Gasteiger partial charge < -0.3 is 14.8 Å². The zero-order valence-electron chi connectivity index (χ0n) is 16.5. The predicted octanol–water partition coefficient (Wildman–Crippen LogP) is 5.12. The minimum absolute atomic E-state index is 0.0779. The number of nitrogens with one attached hydrogen (secondary N) is 1. The molecule has 4 heteroatoms. The number of rotatable bonds is 7. The van der Waals surface area contributed by atoms with Gasteiger partial charge in [0.05, 0.1) is 12.0 Å². The molecule has 0 radical (unpaired) electrons. The zero-order valence-corrected chi connectivity index (χ0v) is 16.5. The fourth-order valence-corrected chi connectivity index (χ4v) is 3.63. The first-order valence-electron chi connectivity index (χ1n) is 9.99. The van der Waals surface area contributed by atoms with Gasteiger partial charge in [-0.1, -0.05) is 60.7 Å². The molecule has 0 fully saturated rings. The van der Waals surface area contributed by atoms with Crippen LogP contribution in [0.1, 0.15) is 46.5 Å². The highest BCUT2D eigenvalue weighted by Gasteiger charge is 2.28. The van der Waals surface area contributed by atoms with Crippen molar-refractivity contribution in [2.24, 2.45) is 0 Å². The normalized spacial score (nSPS) is 16.6. The molecular weight excluding hydrogens is 362 g/mol. The highest BCUT2D eigenvalue weighted by Crippen LogP contribution is 2.38. The summed E-state index contributed by atoms with van der Waals surface area (Å²) in [6, 6.07) is 25.6. The number of Topliss-reactive ketones (excluding diaryl/α,β-unsaturated/α-hetero) is 1. The molecule has 2 unspecified atom stereocenters. The number of carbonyl (C=O) groups excluding carboxylic acids is 1. The van der Waals surface area contributed by atoms with Crippen molar-refractivity contribution in [1.29, 1.82) is 0 Å². The number of benzene rings is 3. The first kappa shape index (κ1) is 19.2. The zero-order chi connectivity index (χ0) is 20.1. The summed E-state index contributed by atoms with van der Waals surface area (Å²) in [7, 11) is 1.93. The van der Waals surface area contributed by atoms with Crippen molar-refractivity contribution in [2.45, 2.75) is 25.0 Å². The minimum Gasteiger partial charge on any atom is -0.486 e. The van der Waals surface area contributed by atoms with E-state index < -0.39 is 0 Å². The van der Waals surface area contributed by atoms with Crippen LogP contribution in [0.25, 0.3) is 0 Å². The molecule has 0 bridgehead atoms. The molecule has 2 atom stereocenters. The second-order valence-electron chi connectivity index (χ2n) is 7.21. The van der Waals surface area contributed by atoms with Crippen molar-refractivity contribution in [1.82, 2.24) is 5.32 Å². The summed E-state index contributed by atoms with van der Waals surface area (Å²) < 4.78 is 12.5. The Kier molecular flexibility index (Phi) is 5.92. The molecule has 0 spiro atoms. The lowest BCUT2D eigenvalue weighted by molar-refractivity contribution is 0.0848. The van der Waals surface area contributed by atoms with Gasteiger partial charge in [-0.05, 0) is 36.9 Å². The molecule has 0 amide bonds. The van der Waals surface area contributed by atoms with Gasteiger partial charge in [-0.15, -0.1) is 0 Å². The highest BCUT2D eigenvalue weighted by molar-refractivity contribution is 6.00. The maximum absolute atomic E-state index is 12.6. The summed E-state index contributed by atoms with van der Waals surface area (Å²) in [5.74, 6) is 1.39. The Morgan fingerprint density at radius 2 is 1.76 bits per heavy atom. The second-order valence-corrected chi connectivity index (χ2v) is 7.21. The van der Waals surface area contributed by atoms with E-state index in [2.05, 4.69) is 17.4 Å². The summed E-state index contributed by atoms with van der Waals surface area (Å²) in [4.78, 5) is 12.6. The fraction of sp³-hybridized carbons (Fsp3) is 0.240.